The zero-order valence-electron chi connectivity index (χ0n) is 16.2. The second-order valence-corrected chi connectivity index (χ2v) is 10.9. The summed E-state index contributed by atoms with van der Waals surface area (Å²) >= 11 is 0. The van der Waals surface area contributed by atoms with Crippen molar-refractivity contribution in [1.82, 2.24) is 4.90 Å². The first-order valence-corrected chi connectivity index (χ1v) is 12.0. The van der Waals surface area contributed by atoms with Gasteiger partial charge in [-0.3, -0.25) is 4.79 Å². The van der Waals surface area contributed by atoms with E-state index >= 15 is 0 Å². The summed E-state index contributed by atoms with van der Waals surface area (Å²) in [4.78, 5) is 14.9. The quantitative estimate of drug-likeness (QED) is 0.780. The third-order valence-corrected chi connectivity index (χ3v) is 8.80. The minimum Gasteiger partial charge on any atom is -0.371 e. The smallest absolute Gasteiger partial charge is 0.227 e. The number of hydrogen-bond acceptors (Lipinski definition) is 4. The van der Waals surface area contributed by atoms with Gasteiger partial charge in [0.2, 0.25) is 5.91 Å². The molecule has 0 bridgehead atoms. The van der Waals surface area contributed by atoms with E-state index in [4.69, 9.17) is 4.74 Å². The number of morpholine rings is 1. The molecule has 1 amide bonds. The molecule has 0 unspecified atom stereocenters. The molecule has 2 saturated heterocycles. The second kappa shape index (κ2) is 7.55. The van der Waals surface area contributed by atoms with Gasteiger partial charge in [0, 0.05) is 41.4 Å². The van der Waals surface area contributed by atoms with E-state index in [2.05, 4.69) is 22.6 Å². The van der Waals surface area contributed by atoms with Crippen LogP contribution in [0.2, 0.25) is 0 Å². The molecule has 6 heteroatoms. The standard InChI is InChI=1S/C21H30N2O3S/c1-22-27(25)12-8-21(9-13-27)16-23(10-11-26-21)20(24)15-17-6-7-18-4-2-3-5-19(18)14-17/h6-7,14H,2-5,8-13,15-16H2,1H3. The monoisotopic (exact) mass is 390 g/mol. The van der Waals surface area contributed by atoms with E-state index in [9.17, 15) is 9.00 Å². The van der Waals surface area contributed by atoms with Gasteiger partial charge >= 0.3 is 0 Å². The average molecular weight is 391 g/mol. The normalized spacial score (nSPS) is 30.8. The molecule has 27 heavy (non-hydrogen) atoms. The third-order valence-electron chi connectivity index (χ3n) is 6.46. The van der Waals surface area contributed by atoms with E-state index < -0.39 is 9.73 Å². The molecule has 5 nitrogen and oxygen atoms in total. The van der Waals surface area contributed by atoms with Crippen molar-refractivity contribution in [2.75, 3.05) is 38.2 Å². The molecule has 1 aliphatic carbocycles. The number of hydrogen-bond donors (Lipinski definition) is 0. The van der Waals surface area contributed by atoms with Crippen LogP contribution in [0.1, 0.15) is 42.4 Å². The summed E-state index contributed by atoms with van der Waals surface area (Å²) in [6.07, 6.45) is 6.76. The van der Waals surface area contributed by atoms with Crippen LogP contribution in [0.4, 0.5) is 0 Å². The first-order chi connectivity index (χ1) is 13.0. The summed E-state index contributed by atoms with van der Waals surface area (Å²) in [6.45, 7) is 1.84. The highest BCUT2D eigenvalue weighted by molar-refractivity contribution is 7.93. The topological polar surface area (TPSA) is 59.0 Å². The molecule has 3 aliphatic rings. The summed E-state index contributed by atoms with van der Waals surface area (Å²) in [6, 6.07) is 6.57. The van der Waals surface area contributed by atoms with Gasteiger partial charge in [-0.2, -0.15) is 0 Å². The van der Waals surface area contributed by atoms with E-state index in [1.807, 2.05) is 4.90 Å². The Morgan fingerprint density at radius 3 is 2.70 bits per heavy atom. The maximum atomic E-state index is 12.9. The van der Waals surface area contributed by atoms with E-state index in [1.165, 1.54) is 30.4 Å². The Balaban J connectivity index is 1.41. The summed E-state index contributed by atoms with van der Waals surface area (Å²) < 4.78 is 22.7. The number of aryl methyl sites for hydroxylation is 2. The largest absolute Gasteiger partial charge is 0.371 e. The zero-order chi connectivity index (χ0) is 18.9. The van der Waals surface area contributed by atoms with Crippen molar-refractivity contribution < 1.29 is 13.7 Å². The van der Waals surface area contributed by atoms with Gasteiger partial charge in [-0.25, -0.2) is 8.57 Å². The first kappa shape index (κ1) is 18.9. The molecule has 2 heterocycles. The minimum absolute atomic E-state index is 0.180. The Hall–Kier alpha value is -1.40. The molecule has 0 atom stereocenters. The van der Waals surface area contributed by atoms with Gasteiger partial charge in [-0.15, -0.1) is 0 Å². The number of ether oxygens (including phenoxy) is 1. The Bertz CT molecular complexity index is 828. The van der Waals surface area contributed by atoms with Crippen LogP contribution >= 0.6 is 0 Å². The molecule has 2 fully saturated rings. The predicted octanol–water partition coefficient (Wildman–Crippen LogP) is 2.60. The number of carbonyl (C=O) groups is 1. The lowest BCUT2D eigenvalue weighted by Crippen LogP contribution is -2.56. The van der Waals surface area contributed by atoms with Crippen molar-refractivity contribution in [3.8, 4) is 0 Å². The fourth-order valence-corrected chi connectivity index (χ4v) is 6.60. The van der Waals surface area contributed by atoms with Gasteiger partial charge < -0.3 is 9.64 Å². The van der Waals surface area contributed by atoms with Crippen molar-refractivity contribution in [3.63, 3.8) is 0 Å². The Morgan fingerprint density at radius 1 is 1.22 bits per heavy atom. The molecule has 0 radical (unpaired) electrons. The van der Waals surface area contributed by atoms with Crippen molar-refractivity contribution in [3.05, 3.63) is 34.9 Å². The highest BCUT2D eigenvalue weighted by Gasteiger charge is 2.42. The minimum atomic E-state index is -2.06. The molecular weight excluding hydrogens is 360 g/mol. The highest BCUT2D eigenvalue weighted by atomic mass is 32.2. The molecular formula is C21H30N2O3S. The molecule has 0 aromatic heterocycles. The van der Waals surface area contributed by atoms with E-state index in [0.29, 0.717) is 37.6 Å². The molecule has 1 spiro atoms. The van der Waals surface area contributed by atoms with Gasteiger partial charge in [0.1, 0.15) is 0 Å². The molecule has 2 aliphatic heterocycles. The van der Waals surface area contributed by atoms with Gasteiger partial charge in [0.25, 0.3) is 0 Å². The molecule has 148 valence electrons. The number of nitrogens with zero attached hydrogens (tertiary/aromatic N) is 2. The Labute approximate surface area is 162 Å². The van der Waals surface area contributed by atoms with Crippen LogP contribution in [-0.4, -0.2) is 58.9 Å². The molecule has 1 aromatic carbocycles. The average Bonchev–Trinajstić information content (AvgIpc) is 2.71. The summed E-state index contributed by atoms with van der Waals surface area (Å²) in [7, 11) is -0.408. The van der Waals surface area contributed by atoms with Crippen molar-refractivity contribution in [2.24, 2.45) is 4.36 Å². The molecule has 0 N–H and O–H groups in total. The summed E-state index contributed by atoms with van der Waals surface area (Å²) in [5.74, 6) is 1.34. The van der Waals surface area contributed by atoms with Gasteiger partial charge in [-0.05, 0) is 55.2 Å². The fourth-order valence-electron chi connectivity index (χ4n) is 4.64. The molecule has 0 saturated carbocycles. The lowest BCUT2D eigenvalue weighted by molar-refractivity contribution is -0.151. The Kier molecular flexibility index (Phi) is 5.30. The van der Waals surface area contributed by atoms with E-state index in [0.717, 1.165) is 24.8 Å². The van der Waals surface area contributed by atoms with Crippen LogP contribution in [-0.2, 0) is 38.5 Å². The Morgan fingerprint density at radius 2 is 1.96 bits per heavy atom. The fraction of sp³-hybridized carbons (Fsp3) is 0.667. The predicted molar refractivity (Wildman–Crippen MR) is 108 cm³/mol. The number of amides is 1. The maximum absolute atomic E-state index is 12.9. The SMILES string of the molecule is CN=S1(=O)CCC2(CC1)CN(C(=O)Cc1ccc3c(c1)CCCC3)CCO2. The maximum Gasteiger partial charge on any atom is 0.227 e. The molecule has 1 aromatic rings. The van der Waals surface area contributed by atoms with Crippen LogP contribution in [0.5, 0.6) is 0 Å². The number of carbonyl (C=O) groups excluding carboxylic acids is 1. The van der Waals surface area contributed by atoms with Crippen LogP contribution < -0.4 is 0 Å². The van der Waals surface area contributed by atoms with Gasteiger partial charge in [0.05, 0.1) is 18.6 Å². The third kappa shape index (κ3) is 4.06. The number of fused-ring (bicyclic) bond motifs is 1. The second-order valence-electron chi connectivity index (χ2n) is 8.20. The van der Waals surface area contributed by atoms with Gasteiger partial charge in [0.15, 0.2) is 0 Å². The zero-order valence-corrected chi connectivity index (χ0v) is 17.1. The van der Waals surface area contributed by atoms with Crippen LogP contribution in [0.15, 0.2) is 22.6 Å². The van der Waals surface area contributed by atoms with E-state index in [-0.39, 0.29) is 11.5 Å². The summed E-state index contributed by atoms with van der Waals surface area (Å²) in [5.41, 5.74) is 3.68. The lowest BCUT2D eigenvalue weighted by Gasteiger charge is -2.45. The molecule has 4 rings (SSSR count). The van der Waals surface area contributed by atoms with Crippen LogP contribution in [0, 0.1) is 0 Å². The van der Waals surface area contributed by atoms with Gasteiger partial charge in [-0.1, -0.05) is 18.2 Å². The summed E-state index contributed by atoms with van der Waals surface area (Å²) in [5, 5.41) is 0. The number of rotatable bonds is 2. The van der Waals surface area contributed by atoms with Crippen molar-refractivity contribution in [2.45, 2.75) is 50.5 Å². The number of benzene rings is 1. The van der Waals surface area contributed by atoms with Crippen molar-refractivity contribution in [1.29, 1.82) is 0 Å². The van der Waals surface area contributed by atoms with Crippen molar-refractivity contribution >= 4 is 15.6 Å². The highest BCUT2D eigenvalue weighted by Crippen LogP contribution is 2.32. The lowest BCUT2D eigenvalue weighted by atomic mass is 9.89. The first-order valence-electron chi connectivity index (χ1n) is 10.1. The van der Waals surface area contributed by atoms with E-state index in [1.54, 1.807) is 7.05 Å². The van der Waals surface area contributed by atoms with Crippen LogP contribution in [0.25, 0.3) is 0 Å². The van der Waals surface area contributed by atoms with Crippen LogP contribution in [0.3, 0.4) is 0 Å².